The predicted molar refractivity (Wildman–Crippen MR) is 90.4 cm³/mol. The lowest BCUT2D eigenvalue weighted by Crippen LogP contribution is -2.39. The summed E-state index contributed by atoms with van der Waals surface area (Å²) in [7, 11) is 1.95. The highest BCUT2D eigenvalue weighted by Crippen LogP contribution is 2.33. The molecule has 1 aromatic heterocycles. The third-order valence-electron chi connectivity index (χ3n) is 4.95. The van der Waals surface area contributed by atoms with Gasteiger partial charge in [0.25, 0.3) is 0 Å². The van der Waals surface area contributed by atoms with Gasteiger partial charge >= 0.3 is 0 Å². The van der Waals surface area contributed by atoms with Crippen LogP contribution in [0.3, 0.4) is 0 Å². The minimum absolute atomic E-state index is 0.199. The van der Waals surface area contributed by atoms with Gasteiger partial charge in [-0.25, -0.2) is 0 Å². The molecule has 0 bridgehead atoms. The summed E-state index contributed by atoms with van der Waals surface area (Å²) < 4.78 is 12.7. The molecule has 0 spiro atoms. The second-order valence-electron chi connectivity index (χ2n) is 6.67. The number of piperidine rings is 1. The number of fused-ring (bicyclic) bond motifs is 1. The van der Waals surface area contributed by atoms with Crippen LogP contribution < -0.4 is 9.47 Å². The van der Waals surface area contributed by atoms with Gasteiger partial charge in [0.15, 0.2) is 11.5 Å². The van der Waals surface area contributed by atoms with Crippen molar-refractivity contribution in [3.8, 4) is 11.5 Å². The lowest BCUT2D eigenvalue weighted by Gasteiger charge is -2.32. The largest absolute Gasteiger partial charge is 0.454 e. The van der Waals surface area contributed by atoms with Gasteiger partial charge in [0.2, 0.25) is 12.7 Å². The van der Waals surface area contributed by atoms with Crippen molar-refractivity contribution in [3.05, 3.63) is 35.9 Å². The first-order chi connectivity index (χ1) is 12.2. The Labute approximate surface area is 146 Å². The number of rotatable bonds is 4. The Morgan fingerprint density at radius 1 is 1.32 bits per heavy atom. The molecule has 3 heterocycles. The summed E-state index contributed by atoms with van der Waals surface area (Å²) >= 11 is 0. The number of carbonyl (C=O) groups excluding carboxylic acids is 1. The number of ether oxygens (including phenoxy) is 2. The standard InChI is InChI=1S/C18H22N4O3/c1-21-11-19-20-18(21)14-3-2-8-22(10-14)17(23)7-5-13-4-6-15-16(9-13)25-12-24-15/h4,6,9,11,14H,2-3,5,7-8,10,12H2,1H3. The van der Waals surface area contributed by atoms with E-state index in [1.807, 2.05) is 34.7 Å². The lowest BCUT2D eigenvalue weighted by atomic mass is 9.96. The summed E-state index contributed by atoms with van der Waals surface area (Å²) in [6.07, 6.45) is 4.99. The number of carbonyl (C=O) groups is 1. The summed E-state index contributed by atoms with van der Waals surface area (Å²) in [6, 6.07) is 5.88. The molecule has 4 rings (SSSR count). The Morgan fingerprint density at radius 2 is 2.20 bits per heavy atom. The number of likely N-dealkylation sites (tertiary alicyclic amines) is 1. The molecule has 1 aromatic carbocycles. The van der Waals surface area contributed by atoms with E-state index in [-0.39, 0.29) is 18.6 Å². The van der Waals surface area contributed by atoms with Crippen LogP contribution in [0.5, 0.6) is 11.5 Å². The Balaban J connectivity index is 1.35. The van der Waals surface area contributed by atoms with E-state index in [0.717, 1.165) is 48.8 Å². The lowest BCUT2D eigenvalue weighted by molar-refractivity contribution is -0.132. The van der Waals surface area contributed by atoms with Gasteiger partial charge in [-0.2, -0.15) is 0 Å². The number of hydrogen-bond donors (Lipinski definition) is 0. The second-order valence-corrected chi connectivity index (χ2v) is 6.67. The minimum Gasteiger partial charge on any atom is -0.454 e. The first kappa shape index (κ1) is 15.9. The Hall–Kier alpha value is -2.57. The highest BCUT2D eigenvalue weighted by Gasteiger charge is 2.27. The average molecular weight is 342 g/mol. The smallest absolute Gasteiger partial charge is 0.231 e. The van der Waals surface area contributed by atoms with Crippen LogP contribution in [0.2, 0.25) is 0 Å². The molecule has 0 N–H and O–H groups in total. The second kappa shape index (κ2) is 6.74. The van der Waals surface area contributed by atoms with E-state index in [1.54, 1.807) is 6.33 Å². The molecule has 0 saturated carbocycles. The van der Waals surface area contributed by atoms with Gasteiger partial charge in [-0.1, -0.05) is 6.07 Å². The fourth-order valence-electron chi connectivity index (χ4n) is 3.58. The topological polar surface area (TPSA) is 69.5 Å². The van der Waals surface area contributed by atoms with Crippen LogP contribution in [-0.2, 0) is 18.3 Å². The summed E-state index contributed by atoms with van der Waals surface area (Å²) in [5, 5.41) is 8.17. The van der Waals surface area contributed by atoms with Crippen molar-refractivity contribution in [2.45, 2.75) is 31.6 Å². The van der Waals surface area contributed by atoms with E-state index in [2.05, 4.69) is 10.2 Å². The van der Waals surface area contributed by atoms with Gasteiger partial charge in [-0.3, -0.25) is 4.79 Å². The molecule has 7 heteroatoms. The summed E-state index contributed by atoms with van der Waals surface area (Å²) in [5.74, 6) is 2.98. The van der Waals surface area contributed by atoms with Crippen molar-refractivity contribution >= 4 is 5.91 Å². The van der Waals surface area contributed by atoms with Crippen molar-refractivity contribution in [2.24, 2.45) is 7.05 Å². The molecule has 25 heavy (non-hydrogen) atoms. The fraction of sp³-hybridized carbons (Fsp3) is 0.500. The molecule has 0 aliphatic carbocycles. The molecular formula is C18H22N4O3. The molecular weight excluding hydrogens is 320 g/mol. The molecule has 7 nitrogen and oxygen atoms in total. The molecule has 1 unspecified atom stereocenters. The molecule has 1 atom stereocenters. The van der Waals surface area contributed by atoms with Gasteiger partial charge in [0.1, 0.15) is 12.2 Å². The molecule has 2 aliphatic heterocycles. The number of aromatic nitrogens is 3. The molecule has 2 aliphatic rings. The summed E-state index contributed by atoms with van der Waals surface area (Å²) in [5.41, 5.74) is 1.10. The third kappa shape index (κ3) is 3.31. The maximum absolute atomic E-state index is 12.6. The van der Waals surface area contributed by atoms with Crippen LogP contribution in [0.1, 0.15) is 36.6 Å². The van der Waals surface area contributed by atoms with Crippen molar-refractivity contribution in [3.63, 3.8) is 0 Å². The Kier molecular flexibility index (Phi) is 4.29. The zero-order chi connectivity index (χ0) is 17.2. The van der Waals surface area contributed by atoms with E-state index in [9.17, 15) is 4.79 Å². The SMILES string of the molecule is Cn1cnnc1C1CCCN(C(=O)CCc2ccc3c(c2)OCO3)C1. The zero-order valence-electron chi connectivity index (χ0n) is 14.4. The minimum atomic E-state index is 0.199. The highest BCUT2D eigenvalue weighted by atomic mass is 16.7. The van der Waals surface area contributed by atoms with Crippen molar-refractivity contribution in [2.75, 3.05) is 19.9 Å². The Morgan fingerprint density at radius 3 is 3.04 bits per heavy atom. The molecule has 1 fully saturated rings. The molecule has 1 saturated heterocycles. The van der Waals surface area contributed by atoms with Crippen LogP contribution in [0.4, 0.5) is 0 Å². The number of hydrogen-bond acceptors (Lipinski definition) is 5. The highest BCUT2D eigenvalue weighted by molar-refractivity contribution is 5.76. The van der Waals surface area contributed by atoms with E-state index < -0.39 is 0 Å². The van der Waals surface area contributed by atoms with Gasteiger partial charge in [-0.05, 0) is 37.0 Å². The number of amides is 1. The van der Waals surface area contributed by atoms with Gasteiger partial charge < -0.3 is 18.9 Å². The van der Waals surface area contributed by atoms with E-state index >= 15 is 0 Å². The fourth-order valence-corrected chi connectivity index (χ4v) is 3.58. The first-order valence-corrected chi connectivity index (χ1v) is 8.71. The Bertz CT molecular complexity index is 773. The molecule has 132 valence electrons. The predicted octanol–water partition coefficient (Wildman–Crippen LogP) is 1.88. The normalized spacial score (nSPS) is 19.2. The summed E-state index contributed by atoms with van der Waals surface area (Å²) in [4.78, 5) is 14.6. The van der Waals surface area contributed by atoms with Gasteiger partial charge in [0, 0.05) is 32.5 Å². The maximum Gasteiger partial charge on any atom is 0.231 e. The number of benzene rings is 1. The first-order valence-electron chi connectivity index (χ1n) is 8.71. The number of nitrogens with zero attached hydrogens (tertiary/aromatic N) is 4. The van der Waals surface area contributed by atoms with Crippen LogP contribution in [0, 0.1) is 0 Å². The molecule has 0 radical (unpaired) electrons. The van der Waals surface area contributed by atoms with Gasteiger partial charge in [-0.15, -0.1) is 10.2 Å². The van der Waals surface area contributed by atoms with Crippen molar-refractivity contribution in [1.29, 1.82) is 0 Å². The quantitative estimate of drug-likeness (QED) is 0.848. The van der Waals surface area contributed by atoms with Crippen molar-refractivity contribution in [1.82, 2.24) is 19.7 Å². The zero-order valence-corrected chi connectivity index (χ0v) is 14.4. The maximum atomic E-state index is 12.6. The van der Waals surface area contributed by atoms with Crippen molar-refractivity contribution < 1.29 is 14.3 Å². The molecule has 1 amide bonds. The summed E-state index contributed by atoms with van der Waals surface area (Å²) in [6.45, 7) is 1.83. The third-order valence-corrected chi connectivity index (χ3v) is 4.95. The van der Waals surface area contributed by atoms with E-state index in [0.29, 0.717) is 12.8 Å². The van der Waals surface area contributed by atoms with Gasteiger partial charge in [0.05, 0.1) is 0 Å². The monoisotopic (exact) mass is 342 g/mol. The van der Waals surface area contributed by atoms with Crippen LogP contribution in [-0.4, -0.2) is 45.5 Å². The van der Waals surface area contributed by atoms with Crippen LogP contribution in [0.15, 0.2) is 24.5 Å². The number of aryl methyl sites for hydroxylation is 2. The van der Waals surface area contributed by atoms with Crippen LogP contribution >= 0.6 is 0 Å². The van der Waals surface area contributed by atoms with E-state index in [4.69, 9.17) is 9.47 Å². The average Bonchev–Trinajstić information content (AvgIpc) is 3.27. The van der Waals surface area contributed by atoms with Crippen LogP contribution in [0.25, 0.3) is 0 Å². The molecule has 2 aromatic rings. The van der Waals surface area contributed by atoms with E-state index in [1.165, 1.54) is 0 Å².